The monoisotopic (exact) mass is 631 g/mol. The van der Waals surface area contributed by atoms with Crippen LogP contribution >= 0.6 is 15.9 Å². The summed E-state index contributed by atoms with van der Waals surface area (Å²) in [6.07, 6.45) is -12.7. The van der Waals surface area contributed by atoms with E-state index in [4.69, 9.17) is 14.6 Å². The van der Waals surface area contributed by atoms with E-state index in [1.807, 2.05) is 0 Å². The molecule has 1 aliphatic rings. The molecule has 1 aliphatic heterocycles. The number of aliphatic carboxylic acids is 1. The number of hydrogen-bond acceptors (Lipinski definition) is 4. The summed E-state index contributed by atoms with van der Waals surface area (Å²) in [6.45, 7) is 1.31. The minimum atomic E-state index is -5.05. The summed E-state index contributed by atoms with van der Waals surface area (Å²) in [5, 5.41) is 9.04. The SMILES string of the molecule is C[C@@H]1[C@H](c2cc(C(F)(F)F)cc(C(F)(F)F)c2)OC(=O)N1Cc1cc(Br)ccc1Oc1cccc(CC(=O)O)c1. The van der Waals surface area contributed by atoms with Gasteiger partial charge >= 0.3 is 24.4 Å². The fourth-order valence-electron chi connectivity index (χ4n) is 4.28. The van der Waals surface area contributed by atoms with Gasteiger partial charge in [0.05, 0.1) is 30.1 Å². The van der Waals surface area contributed by atoms with Gasteiger partial charge in [0.15, 0.2) is 0 Å². The van der Waals surface area contributed by atoms with Crippen LogP contribution in [-0.4, -0.2) is 28.1 Å². The van der Waals surface area contributed by atoms with Crippen LogP contribution in [0.25, 0.3) is 0 Å². The van der Waals surface area contributed by atoms with Gasteiger partial charge in [-0.15, -0.1) is 0 Å². The Bertz CT molecular complexity index is 1410. The van der Waals surface area contributed by atoms with Crippen LogP contribution in [0.5, 0.6) is 11.5 Å². The summed E-state index contributed by atoms with van der Waals surface area (Å²) in [5.41, 5.74) is -2.52. The Kier molecular flexibility index (Phi) is 8.06. The number of halogens is 7. The fraction of sp³-hybridized carbons (Fsp3) is 0.259. The highest BCUT2D eigenvalue weighted by atomic mass is 79.9. The van der Waals surface area contributed by atoms with Crippen LogP contribution < -0.4 is 4.74 Å². The zero-order chi connectivity index (χ0) is 29.4. The summed E-state index contributed by atoms with van der Waals surface area (Å²) in [4.78, 5) is 25.0. The third-order valence-electron chi connectivity index (χ3n) is 6.18. The summed E-state index contributed by atoms with van der Waals surface area (Å²) in [7, 11) is 0. The molecule has 1 saturated heterocycles. The maximum absolute atomic E-state index is 13.4. The smallest absolute Gasteiger partial charge is 0.416 e. The lowest BCUT2D eigenvalue weighted by Gasteiger charge is -2.23. The lowest BCUT2D eigenvalue weighted by Crippen LogP contribution is -2.31. The van der Waals surface area contributed by atoms with Gasteiger partial charge in [-0.05, 0) is 66.6 Å². The molecule has 1 N–H and O–H groups in total. The van der Waals surface area contributed by atoms with E-state index in [9.17, 15) is 35.9 Å². The number of nitrogens with zero attached hydrogens (tertiary/aromatic N) is 1. The van der Waals surface area contributed by atoms with Crippen molar-refractivity contribution in [3.8, 4) is 11.5 Å². The Balaban J connectivity index is 1.63. The molecule has 3 aromatic carbocycles. The summed E-state index contributed by atoms with van der Waals surface area (Å²) < 4.78 is 92.1. The molecular formula is C27H20BrF6NO5. The maximum Gasteiger partial charge on any atom is 0.416 e. The topological polar surface area (TPSA) is 76.1 Å². The van der Waals surface area contributed by atoms with Gasteiger partial charge in [-0.2, -0.15) is 26.3 Å². The number of alkyl halides is 6. The molecule has 1 amide bonds. The number of cyclic esters (lactones) is 1. The van der Waals surface area contributed by atoms with Crippen LogP contribution in [0.1, 0.15) is 40.8 Å². The Labute approximate surface area is 232 Å². The average Bonchev–Trinajstić information content (AvgIpc) is 3.12. The molecule has 0 bridgehead atoms. The Morgan fingerprint density at radius 3 is 2.25 bits per heavy atom. The maximum atomic E-state index is 13.4. The average molecular weight is 632 g/mol. The normalized spacial score (nSPS) is 17.6. The number of benzene rings is 3. The van der Waals surface area contributed by atoms with E-state index in [1.54, 1.807) is 36.4 Å². The molecule has 2 atom stereocenters. The molecule has 0 unspecified atom stereocenters. The second kappa shape index (κ2) is 11.0. The fourth-order valence-corrected chi connectivity index (χ4v) is 4.69. The predicted molar refractivity (Wildman–Crippen MR) is 133 cm³/mol. The highest BCUT2D eigenvalue weighted by molar-refractivity contribution is 9.10. The van der Waals surface area contributed by atoms with Crippen molar-refractivity contribution in [1.82, 2.24) is 4.90 Å². The highest BCUT2D eigenvalue weighted by Crippen LogP contribution is 2.41. The van der Waals surface area contributed by atoms with Gasteiger partial charge in [-0.1, -0.05) is 28.1 Å². The first-order valence-electron chi connectivity index (χ1n) is 11.7. The van der Waals surface area contributed by atoms with Gasteiger partial charge in [0.2, 0.25) is 0 Å². The highest BCUT2D eigenvalue weighted by Gasteiger charge is 2.43. The summed E-state index contributed by atoms with van der Waals surface area (Å²) in [5.74, 6) is -0.417. The molecule has 3 aromatic rings. The van der Waals surface area contributed by atoms with Gasteiger partial charge in [0, 0.05) is 10.0 Å². The summed E-state index contributed by atoms with van der Waals surface area (Å²) >= 11 is 3.33. The van der Waals surface area contributed by atoms with E-state index >= 15 is 0 Å². The largest absolute Gasteiger partial charge is 0.481 e. The third-order valence-corrected chi connectivity index (χ3v) is 6.67. The van der Waals surface area contributed by atoms with Crippen LogP contribution in [-0.2, 0) is 34.8 Å². The van der Waals surface area contributed by atoms with Crippen molar-refractivity contribution in [3.63, 3.8) is 0 Å². The van der Waals surface area contributed by atoms with Crippen molar-refractivity contribution in [2.45, 2.75) is 44.4 Å². The molecule has 0 aromatic heterocycles. The first kappa shape index (κ1) is 29.2. The van der Waals surface area contributed by atoms with Gasteiger partial charge in [0.25, 0.3) is 0 Å². The van der Waals surface area contributed by atoms with Crippen molar-refractivity contribution in [2.75, 3.05) is 0 Å². The predicted octanol–water partition coefficient (Wildman–Crippen LogP) is 7.99. The van der Waals surface area contributed by atoms with Gasteiger partial charge in [-0.25, -0.2) is 4.79 Å². The second-order valence-corrected chi connectivity index (χ2v) is 10.00. The number of amides is 1. The molecule has 0 spiro atoms. The Hall–Kier alpha value is -3.74. The molecule has 1 fully saturated rings. The number of carbonyl (C=O) groups is 2. The van der Waals surface area contributed by atoms with Crippen LogP contribution in [0, 0.1) is 0 Å². The molecule has 1 heterocycles. The molecule has 212 valence electrons. The van der Waals surface area contributed by atoms with Crippen molar-refractivity contribution >= 4 is 28.0 Å². The van der Waals surface area contributed by atoms with Gasteiger partial charge in [0.1, 0.15) is 17.6 Å². The molecule has 13 heteroatoms. The van der Waals surface area contributed by atoms with Gasteiger partial charge in [-0.3, -0.25) is 9.69 Å². The van der Waals surface area contributed by atoms with Gasteiger partial charge < -0.3 is 14.6 Å². The number of carbonyl (C=O) groups excluding carboxylic acids is 1. The van der Waals surface area contributed by atoms with Crippen molar-refractivity contribution < 1.29 is 50.5 Å². The lowest BCUT2D eigenvalue weighted by atomic mass is 9.97. The molecule has 0 radical (unpaired) electrons. The minimum absolute atomic E-state index is 0.0132. The first-order valence-corrected chi connectivity index (χ1v) is 12.4. The summed E-state index contributed by atoms with van der Waals surface area (Å²) in [6, 6.07) is 11.4. The first-order chi connectivity index (χ1) is 18.6. The van der Waals surface area contributed by atoms with Crippen molar-refractivity contribution in [3.05, 3.63) is 93.0 Å². The van der Waals surface area contributed by atoms with Crippen molar-refractivity contribution in [2.24, 2.45) is 0 Å². The van der Waals surface area contributed by atoms with Crippen LogP contribution in [0.2, 0.25) is 0 Å². The zero-order valence-corrected chi connectivity index (χ0v) is 22.1. The zero-order valence-electron chi connectivity index (χ0n) is 20.5. The van der Waals surface area contributed by atoms with E-state index in [1.165, 1.54) is 17.9 Å². The standard InChI is InChI=1S/C27H20BrF6NO5/c1-14-24(16-9-18(26(29,30)31)12-19(10-16)27(32,33)34)40-25(38)35(14)13-17-11-20(28)5-6-22(17)39-21-4-2-3-15(7-21)8-23(36)37/h2-7,9-12,14,24H,8,13H2,1H3,(H,36,37)/t14-,24-/m1/s1. The molecule has 40 heavy (non-hydrogen) atoms. The molecule has 6 nitrogen and oxygen atoms in total. The molecule has 0 saturated carbocycles. The quantitative estimate of drug-likeness (QED) is 0.268. The Morgan fingerprint density at radius 1 is 1.00 bits per heavy atom. The van der Waals surface area contributed by atoms with Crippen LogP contribution in [0.4, 0.5) is 31.1 Å². The number of hydrogen-bond donors (Lipinski definition) is 1. The van der Waals surface area contributed by atoms with Crippen LogP contribution in [0.15, 0.2) is 65.1 Å². The third kappa shape index (κ3) is 6.69. The van der Waals surface area contributed by atoms with Crippen LogP contribution in [0.3, 0.4) is 0 Å². The molecule has 4 rings (SSSR count). The van der Waals surface area contributed by atoms with E-state index in [-0.39, 0.29) is 24.8 Å². The van der Waals surface area contributed by atoms with E-state index in [0.29, 0.717) is 33.5 Å². The number of carboxylic acids is 1. The van der Waals surface area contributed by atoms with E-state index < -0.39 is 53.3 Å². The molecular weight excluding hydrogens is 612 g/mol. The second-order valence-electron chi connectivity index (χ2n) is 9.08. The number of rotatable bonds is 7. The van der Waals surface area contributed by atoms with E-state index in [2.05, 4.69) is 15.9 Å². The minimum Gasteiger partial charge on any atom is -0.481 e. The lowest BCUT2D eigenvalue weighted by molar-refractivity contribution is -0.143. The number of carboxylic acid groups (broad SMARTS) is 1. The van der Waals surface area contributed by atoms with Crippen molar-refractivity contribution in [1.29, 1.82) is 0 Å². The Morgan fingerprint density at radius 2 is 1.65 bits per heavy atom. The number of ether oxygens (including phenoxy) is 2. The van der Waals surface area contributed by atoms with E-state index in [0.717, 1.165) is 0 Å². The molecule has 0 aliphatic carbocycles.